The van der Waals surface area contributed by atoms with Crippen LogP contribution in [0.4, 0.5) is 5.69 Å². The monoisotopic (exact) mass is 313 g/mol. The molecule has 23 heavy (non-hydrogen) atoms. The lowest BCUT2D eigenvalue weighted by molar-refractivity contribution is -0.115. The van der Waals surface area contributed by atoms with Crippen LogP contribution in [0.2, 0.25) is 0 Å². The van der Waals surface area contributed by atoms with E-state index in [0.29, 0.717) is 6.42 Å². The number of fused-ring (bicyclic) bond motifs is 1. The third-order valence-corrected chi connectivity index (χ3v) is 4.69. The smallest absolute Gasteiger partial charge is 0.224 e. The first-order chi connectivity index (χ1) is 10.9. The first-order valence-electron chi connectivity index (χ1n) is 8.69. The van der Waals surface area contributed by atoms with Gasteiger partial charge in [-0.25, -0.2) is 4.98 Å². The summed E-state index contributed by atoms with van der Waals surface area (Å²) in [4.78, 5) is 16.5. The fraction of sp³-hybridized carbons (Fsp3) is 0.579. The van der Waals surface area contributed by atoms with Gasteiger partial charge in [-0.05, 0) is 37.0 Å². The molecule has 1 aromatic carbocycles. The summed E-state index contributed by atoms with van der Waals surface area (Å²) in [5.74, 6) is 1.96. The van der Waals surface area contributed by atoms with Crippen LogP contribution in [-0.2, 0) is 16.8 Å². The predicted octanol–water partition coefficient (Wildman–Crippen LogP) is 4.48. The summed E-state index contributed by atoms with van der Waals surface area (Å²) in [7, 11) is 0. The molecule has 0 bridgehead atoms. The van der Waals surface area contributed by atoms with E-state index in [1.807, 2.05) is 19.1 Å². The Morgan fingerprint density at radius 1 is 1.35 bits per heavy atom. The minimum Gasteiger partial charge on any atom is -0.327 e. The highest BCUT2D eigenvalue weighted by atomic mass is 16.1. The summed E-state index contributed by atoms with van der Waals surface area (Å²) >= 11 is 0. The molecule has 1 heterocycles. The van der Waals surface area contributed by atoms with Crippen LogP contribution >= 0.6 is 0 Å². The van der Waals surface area contributed by atoms with Gasteiger partial charge in [-0.15, -0.1) is 0 Å². The number of anilines is 1. The summed E-state index contributed by atoms with van der Waals surface area (Å²) in [6, 6.07) is 6.08. The van der Waals surface area contributed by atoms with Crippen LogP contribution in [0.15, 0.2) is 18.2 Å². The second-order valence-corrected chi connectivity index (χ2v) is 7.70. The van der Waals surface area contributed by atoms with Crippen LogP contribution in [0.5, 0.6) is 0 Å². The van der Waals surface area contributed by atoms with Crippen molar-refractivity contribution >= 4 is 22.6 Å². The number of amides is 1. The number of nitrogens with zero attached hydrogens (tertiary/aromatic N) is 2. The van der Waals surface area contributed by atoms with Gasteiger partial charge >= 0.3 is 0 Å². The zero-order valence-electron chi connectivity index (χ0n) is 14.6. The molecule has 4 nitrogen and oxygen atoms in total. The third-order valence-electron chi connectivity index (χ3n) is 4.69. The Bertz CT molecular complexity index is 720. The minimum atomic E-state index is 0.00952. The van der Waals surface area contributed by atoms with E-state index >= 15 is 0 Å². The van der Waals surface area contributed by atoms with E-state index in [2.05, 4.69) is 36.7 Å². The number of rotatable bonds is 4. The molecule has 1 aliphatic carbocycles. The van der Waals surface area contributed by atoms with Crippen molar-refractivity contribution < 1.29 is 4.79 Å². The number of aromatic nitrogens is 2. The lowest BCUT2D eigenvalue weighted by Gasteiger charge is -2.29. The Labute approximate surface area is 138 Å². The molecule has 0 aliphatic heterocycles. The quantitative estimate of drug-likeness (QED) is 0.904. The number of carbonyl (C=O) groups excluding carboxylic acids is 1. The van der Waals surface area contributed by atoms with Crippen LogP contribution in [0.25, 0.3) is 11.0 Å². The van der Waals surface area contributed by atoms with Crippen LogP contribution in [0.1, 0.15) is 59.2 Å². The highest BCUT2D eigenvalue weighted by molar-refractivity contribution is 5.93. The van der Waals surface area contributed by atoms with E-state index in [9.17, 15) is 4.79 Å². The number of imidazole rings is 1. The van der Waals surface area contributed by atoms with Crippen molar-refractivity contribution in [3.63, 3.8) is 0 Å². The van der Waals surface area contributed by atoms with Crippen LogP contribution in [0.3, 0.4) is 0 Å². The topological polar surface area (TPSA) is 46.9 Å². The average Bonchev–Trinajstić information content (AvgIpc) is 2.80. The Kier molecular flexibility index (Phi) is 4.17. The van der Waals surface area contributed by atoms with Gasteiger partial charge in [0.15, 0.2) is 0 Å². The Balaban J connectivity index is 2.01. The van der Waals surface area contributed by atoms with E-state index in [1.165, 1.54) is 24.8 Å². The van der Waals surface area contributed by atoms with Gasteiger partial charge in [0.25, 0.3) is 0 Å². The molecule has 1 N–H and O–H groups in total. The molecular formula is C19H27N3O. The summed E-state index contributed by atoms with van der Waals surface area (Å²) in [5.41, 5.74) is 2.99. The number of hydrogen-bond acceptors (Lipinski definition) is 2. The van der Waals surface area contributed by atoms with Crippen molar-refractivity contribution in [2.24, 2.45) is 5.92 Å². The van der Waals surface area contributed by atoms with Gasteiger partial charge in [-0.3, -0.25) is 4.79 Å². The number of hydrogen-bond donors (Lipinski definition) is 1. The van der Waals surface area contributed by atoms with E-state index in [-0.39, 0.29) is 11.3 Å². The maximum atomic E-state index is 11.6. The van der Waals surface area contributed by atoms with Crippen LogP contribution in [0, 0.1) is 5.92 Å². The fourth-order valence-corrected chi connectivity index (χ4v) is 3.15. The molecule has 1 aromatic heterocycles. The largest absolute Gasteiger partial charge is 0.327 e. The van der Waals surface area contributed by atoms with Gasteiger partial charge in [0.1, 0.15) is 5.82 Å². The molecule has 3 rings (SSSR count). The fourth-order valence-electron chi connectivity index (χ4n) is 3.15. The highest BCUT2D eigenvalue weighted by Crippen LogP contribution is 2.33. The van der Waals surface area contributed by atoms with Crippen LogP contribution in [-0.4, -0.2) is 15.5 Å². The van der Waals surface area contributed by atoms with Crippen LogP contribution < -0.4 is 5.32 Å². The molecule has 1 amide bonds. The summed E-state index contributed by atoms with van der Waals surface area (Å²) in [5, 5.41) is 2.93. The molecule has 1 saturated carbocycles. The number of benzene rings is 1. The molecule has 0 atom stereocenters. The molecular weight excluding hydrogens is 286 g/mol. The predicted molar refractivity (Wildman–Crippen MR) is 94.7 cm³/mol. The molecule has 4 heteroatoms. The Morgan fingerprint density at radius 2 is 2.09 bits per heavy atom. The Hall–Kier alpha value is -1.84. The third kappa shape index (κ3) is 3.26. The van der Waals surface area contributed by atoms with Gasteiger partial charge in [0, 0.05) is 24.1 Å². The van der Waals surface area contributed by atoms with Crippen molar-refractivity contribution in [3.05, 3.63) is 24.0 Å². The van der Waals surface area contributed by atoms with Crippen molar-refractivity contribution in [1.82, 2.24) is 9.55 Å². The molecule has 0 unspecified atom stereocenters. The molecule has 0 spiro atoms. The maximum absolute atomic E-state index is 11.6. The molecule has 2 aromatic rings. The van der Waals surface area contributed by atoms with Gasteiger partial charge < -0.3 is 9.88 Å². The zero-order chi connectivity index (χ0) is 16.6. The first kappa shape index (κ1) is 16.0. The Morgan fingerprint density at radius 3 is 2.65 bits per heavy atom. The zero-order valence-corrected chi connectivity index (χ0v) is 14.6. The van der Waals surface area contributed by atoms with E-state index in [0.717, 1.165) is 29.5 Å². The molecule has 0 saturated heterocycles. The van der Waals surface area contributed by atoms with Crippen molar-refractivity contribution in [1.29, 1.82) is 0 Å². The highest BCUT2D eigenvalue weighted by Gasteiger charge is 2.26. The van der Waals surface area contributed by atoms with E-state index in [1.54, 1.807) is 0 Å². The lowest BCUT2D eigenvalue weighted by atomic mass is 9.85. The van der Waals surface area contributed by atoms with Gasteiger partial charge in [0.2, 0.25) is 5.91 Å². The van der Waals surface area contributed by atoms with Gasteiger partial charge in [-0.2, -0.15) is 0 Å². The van der Waals surface area contributed by atoms with Crippen molar-refractivity contribution in [2.45, 2.75) is 65.3 Å². The minimum absolute atomic E-state index is 0.00952. The maximum Gasteiger partial charge on any atom is 0.224 e. The van der Waals surface area contributed by atoms with E-state index < -0.39 is 0 Å². The molecule has 124 valence electrons. The van der Waals surface area contributed by atoms with E-state index in [4.69, 9.17) is 4.98 Å². The average molecular weight is 313 g/mol. The standard InChI is InChI=1S/C19H27N3O/c1-5-17(23)20-14-9-10-16-15(11-14)21-18(19(2,3)4)22(16)12-13-7-6-8-13/h9-11,13H,5-8,12H2,1-4H3,(H,20,23). The van der Waals surface area contributed by atoms with Crippen molar-refractivity contribution in [2.75, 3.05) is 5.32 Å². The molecule has 0 radical (unpaired) electrons. The summed E-state index contributed by atoms with van der Waals surface area (Å²) < 4.78 is 2.39. The summed E-state index contributed by atoms with van der Waals surface area (Å²) in [6.45, 7) is 9.56. The second kappa shape index (κ2) is 5.99. The summed E-state index contributed by atoms with van der Waals surface area (Å²) in [6.07, 6.45) is 4.50. The SMILES string of the molecule is CCC(=O)Nc1ccc2c(c1)nc(C(C)(C)C)n2CC1CCC1. The molecule has 1 aliphatic rings. The molecule has 1 fully saturated rings. The number of carbonyl (C=O) groups is 1. The first-order valence-corrected chi connectivity index (χ1v) is 8.69. The van der Waals surface area contributed by atoms with Crippen molar-refractivity contribution in [3.8, 4) is 0 Å². The second-order valence-electron chi connectivity index (χ2n) is 7.70. The normalized spacial score (nSPS) is 15.7. The number of nitrogens with one attached hydrogen (secondary N) is 1. The van der Waals surface area contributed by atoms with Gasteiger partial charge in [0.05, 0.1) is 11.0 Å². The lowest BCUT2D eigenvalue weighted by Crippen LogP contribution is -2.24. The van der Waals surface area contributed by atoms with Gasteiger partial charge in [-0.1, -0.05) is 34.1 Å².